The van der Waals surface area contributed by atoms with Crippen LogP contribution in [0.25, 0.3) is 22.1 Å². The number of unbranched alkanes of at least 4 members (excludes halogenated alkanes) is 1. The molecule has 0 saturated carbocycles. The number of nitrogens with zero attached hydrogens (tertiary/aromatic N) is 4. The number of alkyl halides is 2. The number of benzene rings is 2. The molecule has 2 aromatic heterocycles. The summed E-state index contributed by atoms with van der Waals surface area (Å²) in [6, 6.07) is 13.9. The molecule has 9 heteroatoms. The summed E-state index contributed by atoms with van der Waals surface area (Å²) in [5.41, 5.74) is 2.16. The predicted molar refractivity (Wildman–Crippen MR) is 120 cm³/mol. The van der Waals surface area contributed by atoms with E-state index in [0.717, 1.165) is 22.9 Å². The fourth-order valence-electron chi connectivity index (χ4n) is 3.80. The number of hydrogen-bond acceptors (Lipinski definition) is 5. The highest BCUT2D eigenvalue weighted by molar-refractivity contribution is 5.76. The van der Waals surface area contributed by atoms with Gasteiger partial charge >= 0.3 is 12.5 Å². The number of carbonyl (C=O) groups is 1. The lowest BCUT2D eigenvalue weighted by molar-refractivity contribution is -0.145. The number of aromatic nitrogens is 4. The maximum atomic E-state index is 13.5. The zero-order valence-corrected chi connectivity index (χ0v) is 18.2. The number of halogens is 2. The lowest BCUT2D eigenvalue weighted by atomic mass is 10.2. The van der Waals surface area contributed by atoms with Crippen LogP contribution in [0.3, 0.4) is 0 Å². The minimum absolute atomic E-state index is 0.0368. The van der Waals surface area contributed by atoms with E-state index in [1.54, 1.807) is 22.8 Å². The van der Waals surface area contributed by atoms with E-state index in [1.165, 1.54) is 6.07 Å². The Bertz CT molecular complexity index is 1350. The molecule has 2 aromatic carbocycles. The number of esters is 1. The first-order chi connectivity index (χ1) is 16.0. The third-order valence-corrected chi connectivity index (χ3v) is 5.45. The second-order valence-corrected chi connectivity index (χ2v) is 7.68. The second-order valence-electron chi connectivity index (χ2n) is 7.68. The van der Waals surface area contributed by atoms with Gasteiger partial charge in [-0.1, -0.05) is 37.6 Å². The van der Waals surface area contributed by atoms with Crippen molar-refractivity contribution in [2.75, 3.05) is 0 Å². The predicted octanol–water partition coefficient (Wildman–Crippen LogP) is 4.62. The van der Waals surface area contributed by atoms with Crippen LogP contribution in [0.4, 0.5) is 8.78 Å². The fraction of sp³-hybridized carbons (Fsp3) is 0.333. The Balaban J connectivity index is 1.48. The van der Waals surface area contributed by atoms with Crippen LogP contribution >= 0.6 is 0 Å². The summed E-state index contributed by atoms with van der Waals surface area (Å²) in [7, 11) is 0. The van der Waals surface area contributed by atoms with Crippen LogP contribution in [0.5, 0.6) is 0 Å². The standard InChI is InChI=1S/C24H24F2N4O3/c1-2-3-14-29-19-10-6-4-8-16(19)27-18(23(29)32)12-13-22(31)33-15-21-28-17-9-5-7-11-20(17)30(21)24(25)26/h4-11,24H,2-3,12-15H2,1H3. The summed E-state index contributed by atoms with van der Waals surface area (Å²) in [5, 5.41) is 0. The zero-order valence-electron chi connectivity index (χ0n) is 18.2. The minimum Gasteiger partial charge on any atom is -0.457 e. The molecule has 172 valence electrons. The minimum atomic E-state index is -2.81. The van der Waals surface area contributed by atoms with Gasteiger partial charge in [-0.25, -0.2) is 9.97 Å². The molecule has 0 N–H and O–H groups in total. The molecule has 0 atom stereocenters. The number of fused-ring (bicyclic) bond motifs is 2. The van der Waals surface area contributed by atoms with Gasteiger partial charge in [0, 0.05) is 13.0 Å². The van der Waals surface area contributed by atoms with Gasteiger partial charge in [0.2, 0.25) is 0 Å². The molecule has 7 nitrogen and oxygen atoms in total. The second kappa shape index (κ2) is 9.89. The highest BCUT2D eigenvalue weighted by atomic mass is 19.3. The van der Waals surface area contributed by atoms with E-state index in [9.17, 15) is 18.4 Å². The van der Waals surface area contributed by atoms with Crippen LogP contribution in [0.1, 0.15) is 44.3 Å². The number of rotatable bonds is 9. The van der Waals surface area contributed by atoms with Crippen molar-refractivity contribution in [1.29, 1.82) is 0 Å². The summed E-state index contributed by atoms with van der Waals surface area (Å²) in [4.78, 5) is 33.9. The molecule has 0 aliphatic rings. The summed E-state index contributed by atoms with van der Waals surface area (Å²) >= 11 is 0. The Morgan fingerprint density at radius 3 is 2.39 bits per heavy atom. The topological polar surface area (TPSA) is 79.0 Å². The lowest BCUT2D eigenvalue weighted by Crippen LogP contribution is -2.26. The lowest BCUT2D eigenvalue weighted by Gasteiger charge is -2.12. The first-order valence-electron chi connectivity index (χ1n) is 10.9. The molecule has 4 rings (SSSR count). The number of hydrogen-bond donors (Lipinski definition) is 0. The molecule has 0 spiro atoms. The van der Waals surface area contributed by atoms with Crippen LogP contribution in [-0.4, -0.2) is 25.1 Å². The number of imidazole rings is 1. The van der Waals surface area contributed by atoms with Crippen molar-refractivity contribution in [3.8, 4) is 0 Å². The first kappa shape index (κ1) is 22.6. The monoisotopic (exact) mass is 454 g/mol. The Hall–Kier alpha value is -3.62. The molecular weight excluding hydrogens is 430 g/mol. The number of carbonyl (C=O) groups excluding carboxylic acids is 1. The van der Waals surface area contributed by atoms with E-state index in [0.29, 0.717) is 17.6 Å². The van der Waals surface area contributed by atoms with Crippen molar-refractivity contribution >= 4 is 28.0 Å². The van der Waals surface area contributed by atoms with Crippen LogP contribution in [0.15, 0.2) is 53.3 Å². The van der Waals surface area contributed by atoms with Gasteiger partial charge in [-0.3, -0.25) is 14.2 Å². The van der Waals surface area contributed by atoms with E-state index in [4.69, 9.17) is 4.74 Å². The fourth-order valence-corrected chi connectivity index (χ4v) is 3.80. The molecular formula is C24H24F2N4O3. The van der Waals surface area contributed by atoms with Crippen molar-refractivity contribution in [2.45, 2.75) is 52.3 Å². The molecule has 0 saturated heterocycles. The maximum absolute atomic E-state index is 13.5. The molecule has 0 aliphatic carbocycles. The molecule has 4 aromatic rings. The first-order valence-corrected chi connectivity index (χ1v) is 10.9. The van der Waals surface area contributed by atoms with Crippen molar-refractivity contribution in [2.24, 2.45) is 0 Å². The zero-order chi connectivity index (χ0) is 23.4. The largest absolute Gasteiger partial charge is 0.457 e. The van der Waals surface area contributed by atoms with Gasteiger partial charge in [-0.05, 0) is 30.7 Å². The van der Waals surface area contributed by atoms with E-state index >= 15 is 0 Å². The molecule has 0 bridgehead atoms. The van der Waals surface area contributed by atoms with Crippen molar-refractivity contribution in [1.82, 2.24) is 19.1 Å². The molecule has 0 amide bonds. The molecule has 0 radical (unpaired) electrons. The van der Waals surface area contributed by atoms with E-state index in [1.807, 2.05) is 31.2 Å². The van der Waals surface area contributed by atoms with Crippen molar-refractivity contribution in [3.05, 3.63) is 70.4 Å². The third-order valence-electron chi connectivity index (χ3n) is 5.45. The van der Waals surface area contributed by atoms with Gasteiger partial charge in [0.1, 0.15) is 12.3 Å². The Kier molecular flexibility index (Phi) is 6.76. The van der Waals surface area contributed by atoms with Crippen LogP contribution in [0.2, 0.25) is 0 Å². The molecule has 2 heterocycles. The van der Waals surface area contributed by atoms with Gasteiger partial charge in [0.15, 0.2) is 5.82 Å². The summed E-state index contributed by atoms with van der Waals surface area (Å²) in [5.74, 6) is -0.650. The van der Waals surface area contributed by atoms with E-state index < -0.39 is 12.5 Å². The van der Waals surface area contributed by atoms with Crippen molar-refractivity contribution < 1.29 is 18.3 Å². The number of aryl methyl sites for hydroxylation is 2. The smallest absolute Gasteiger partial charge is 0.320 e. The molecule has 0 fully saturated rings. The Labute approximate surface area is 188 Å². The third kappa shape index (κ3) is 4.76. The average Bonchev–Trinajstić information content (AvgIpc) is 3.19. The molecule has 0 aliphatic heterocycles. The van der Waals surface area contributed by atoms with Crippen LogP contribution in [0, 0.1) is 0 Å². The summed E-state index contributed by atoms with van der Waals surface area (Å²) in [6.45, 7) is -0.577. The summed E-state index contributed by atoms with van der Waals surface area (Å²) in [6.07, 6.45) is 1.79. The van der Waals surface area contributed by atoms with Crippen LogP contribution in [-0.2, 0) is 29.1 Å². The van der Waals surface area contributed by atoms with Gasteiger partial charge in [0.25, 0.3) is 5.56 Å². The number of para-hydroxylation sites is 4. The SMILES string of the molecule is CCCCn1c(=O)c(CCC(=O)OCc2nc3ccccc3n2C(F)F)nc2ccccc21. The quantitative estimate of drug-likeness (QED) is 0.345. The molecule has 0 unspecified atom stereocenters. The highest BCUT2D eigenvalue weighted by Crippen LogP contribution is 2.23. The average molecular weight is 454 g/mol. The highest BCUT2D eigenvalue weighted by Gasteiger charge is 2.19. The van der Waals surface area contributed by atoms with E-state index in [2.05, 4.69) is 9.97 Å². The number of ether oxygens (including phenoxy) is 1. The van der Waals surface area contributed by atoms with E-state index in [-0.39, 0.29) is 42.0 Å². The Morgan fingerprint density at radius 1 is 1.03 bits per heavy atom. The maximum Gasteiger partial charge on any atom is 0.320 e. The normalized spacial score (nSPS) is 11.5. The van der Waals surface area contributed by atoms with Gasteiger partial charge in [0.05, 0.1) is 28.5 Å². The van der Waals surface area contributed by atoms with Gasteiger partial charge in [-0.2, -0.15) is 8.78 Å². The van der Waals surface area contributed by atoms with Crippen molar-refractivity contribution in [3.63, 3.8) is 0 Å². The molecule has 33 heavy (non-hydrogen) atoms. The van der Waals surface area contributed by atoms with Crippen LogP contribution < -0.4 is 5.56 Å². The Morgan fingerprint density at radius 2 is 1.70 bits per heavy atom. The van der Waals surface area contributed by atoms with Gasteiger partial charge in [-0.15, -0.1) is 0 Å². The van der Waals surface area contributed by atoms with Gasteiger partial charge < -0.3 is 9.30 Å². The summed E-state index contributed by atoms with van der Waals surface area (Å²) < 4.78 is 34.7.